The second kappa shape index (κ2) is 7.30. The number of carbonyl (C=O) groups excluding carboxylic acids is 1. The molecule has 3 aromatic rings. The minimum absolute atomic E-state index is 0.198. The molecule has 1 amide bonds. The van der Waals surface area contributed by atoms with E-state index in [9.17, 15) is 4.79 Å². The van der Waals surface area contributed by atoms with Gasteiger partial charge in [-0.3, -0.25) is 9.78 Å². The number of methoxy groups -OCH3 is 1. The van der Waals surface area contributed by atoms with E-state index in [-0.39, 0.29) is 5.91 Å². The highest BCUT2D eigenvalue weighted by Gasteiger charge is 2.19. The van der Waals surface area contributed by atoms with Gasteiger partial charge in [0.25, 0.3) is 5.91 Å². The number of hydrogen-bond acceptors (Lipinski definition) is 6. The van der Waals surface area contributed by atoms with Crippen molar-refractivity contribution in [3.8, 4) is 23.1 Å². The summed E-state index contributed by atoms with van der Waals surface area (Å²) in [5, 5.41) is 12.5. The molecule has 26 heavy (non-hydrogen) atoms. The van der Waals surface area contributed by atoms with Crippen LogP contribution in [0.15, 0.2) is 36.5 Å². The maximum atomic E-state index is 12.3. The van der Waals surface area contributed by atoms with Gasteiger partial charge in [-0.1, -0.05) is 13.0 Å². The van der Waals surface area contributed by atoms with Gasteiger partial charge < -0.3 is 9.64 Å². The summed E-state index contributed by atoms with van der Waals surface area (Å²) in [5.41, 5.74) is 2.81. The van der Waals surface area contributed by atoms with Gasteiger partial charge >= 0.3 is 0 Å². The molecule has 8 heteroatoms. The largest absolute Gasteiger partial charge is 0.480 e. The summed E-state index contributed by atoms with van der Waals surface area (Å²) >= 11 is 0. The summed E-state index contributed by atoms with van der Waals surface area (Å²) in [7, 11) is 4.89. The van der Waals surface area contributed by atoms with Crippen LogP contribution in [-0.2, 0) is 6.42 Å². The lowest BCUT2D eigenvalue weighted by Crippen LogP contribution is -2.22. The number of aryl methyl sites for hydroxylation is 1. The van der Waals surface area contributed by atoms with Crippen molar-refractivity contribution in [2.45, 2.75) is 13.3 Å². The van der Waals surface area contributed by atoms with Crippen molar-refractivity contribution < 1.29 is 9.53 Å². The lowest BCUT2D eigenvalue weighted by atomic mass is 10.2. The number of rotatable bonds is 5. The fraction of sp³-hybridized carbons (Fsp3) is 0.278. The first-order valence-electron chi connectivity index (χ1n) is 8.18. The second-order valence-electron chi connectivity index (χ2n) is 5.87. The van der Waals surface area contributed by atoms with E-state index in [0.717, 1.165) is 12.0 Å². The van der Waals surface area contributed by atoms with Crippen LogP contribution in [0.2, 0.25) is 0 Å². The van der Waals surface area contributed by atoms with E-state index < -0.39 is 0 Å². The number of amides is 1. The molecular weight excluding hydrogens is 332 g/mol. The lowest BCUT2D eigenvalue weighted by Gasteiger charge is -2.07. The van der Waals surface area contributed by atoms with Crippen LogP contribution in [0.4, 0.5) is 0 Å². The van der Waals surface area contributed by atoms with Gasteiger partial charge in [0.05, 0.1) is 18.5 Å². The second-order valence-corrected chi connectivity index (χ2v) is 5.87. The minimum atomic E-state index is -0.198. The number of carbonyl (C=O) groups is 1. The van der Waals surface area contributed by atoms with Crippen LogP contribution < -0.4 is 4.74 Å². The minimum Gasteiger partial charge on any atom is -0.480 e. The average Bonchev–Trinajstić information content (AvgIpc) is 3.12. The van der Waals surface area contributed by atoms with Crippen molar-refractivity contribution in [1.29, 1.82) is 0 Å². The van der Waals surface area contributed by atoms with Gasteiger partial charge in [0.1, 0.15) is 0 Å². The molecule has 0 spiro atoms. The third-order valence-corrected chi connectivity index (χ3v) is 3.88. The standard InChI is InChI=1S/C18H20N6O2/c1-5-12-6-7-13(19-11-12)15-10-14(18(25)23(2)3)22-24(15)16-8-9-17(26-4)21-20-16/h6-11H,5H2,1-4H3. The first-order chi connectivity index (χ1) is 12.5. The predicted molar refractivity (Wildman–Crippen MR) is 96.3 cm³/mol. The highest BCUT2D eigenvalue weighted by molar-refractivity contribution is 5.93. The number of hydrogen-bond donors (Lipinski definition) is 0. The fourth-order valence-corrected chi connectivity index (χ4v) is 2.39. The van der Waals surface area contributed by atoms with Crippen molar-refractivity contribution in [3.63, 3.8) is 0 Å². The van der Waals surface area contributed by atoms with Gasteiger partial charge in [-0.25, -0.2) is 4.68 Å². The molecule has 134 valence electrons. The molecule has 0 radical (unpaired) electrons. The maximum absolute atomic E-state index is 12.3. The maximum Gasteiger partial charge on any atom is 0.273 e. The van der Waals surface area contributed by atoms with Crippen LogP contribution in [0.1, 0.15) is 23.0 Å². The highest BCUT2D eigenvalue weighted by atomic mass is 16.5. The van der Waals surface area contributed by atoms with Crippen molar-refractivity contribution in [2.24, 2.45) is 0 Å². The summed E-state index contributed by atoms with van der Waals surface area (Å²) in [6.45, 7) is 2.07. The van der Waals surface area contributed by atoms with Gasteiger partial charge in [-0.15, -0.1) is 10.2 Å². The van der Waals surface area contributed by atoms with Crippen LogP contribution >= 0.6 is 0 Å². The molecule has 3 rings (SSSR count). The quantitative estimate of drug-likeness (QED) is 0.698. The zero-order valence-corrected chi connectivity index (χ0v) is 15.2. The van der Waals surface area contributed by atoms with Crippen LogP contribution in [0.3, 0.4) is 0 Å². The van der Waals surface area contributed by atoms with E-state index in [1.165, 1.54) is 12.0 Å². The molecule has 0 aliphatic rings. The number of pyridine rings is 1. The summed E-state index contributed by atoms with van der Waals surface area (Å²) in [5.74, 6) is 0.675. The third kappa shape index (κ3) is 3.39. The molecule has 8 nitrogen and oxygen atoms in total. The molecule has 0 aliphatic heterocycles. The van der Waals surface area contributed by atoms with Crippen LogP contribution in [0, 0.1) is 0 Å². The van der Waals surface area contributed by atoms with E-state index in [1.54, 1.807) is 37.0 Å². The van der Waals surface area contributed by atoms with Crippen LogP contribution in [0.25, 0.3) is 17.2 Å². The molecule has 3 aromatic heterocycles. The Morgan fingerprint density at radius 1 is 1.19 bits per heavy atom. The molecule has 0 aliphatic carbocycles. The molecule has 3 heterocycles. The van der Waals surface area contributed by atoms with Gasteiger partial charge in [-0.05, 0) is 30.2 Å². The Kier molecular flexibility index (Phi) is 4.92. The molecule has 0 aromatic carbocycles. The van der Waals surface area contributed by atoms with Crippen LogP contribution in [-0.4, -0.2) is 57.0 Å². The Balaban J connectivity index is 2.11. The molecule has 0 fully saturated rings. The molecule has 0 saturated heterocycles. The smallest absolute Gasteiger partial charge is 0.273 e. The van der Waals surface area contributed by atoms with E-state index in [2.05, 4.69) is 27.2 Å². The number of nitrogens with zero attached hydrogens (tertiary/aromatic N) is 6. The monoisotopic (exact) mass is 352 g/mol. The highest BCUT2D eigenvalue weighted by Crippen LogP contribution is 2.23. The van der Waals surface area contributed by atoms with Gasteiger partial charge in [0.15, 0.2) is 11.5 Å². The zero-order valence-electron chi connectivity index (χ0n) is 15.2. The Morgan fingerprint density at radius 3 is 2.54 bits per heavy atom. The lowest BCUT2D eigenvalue weighted by molar-refractivity contribution is 0.0821. The van der Waals surface area contributed by atoms with Crippen molar-refractivity contribution in [2.75, 3.05) is 21.2 Å². The van der Waals surface area contributed by atoms with Crippen molar-refractivity contribution in [3.05, 3.63) is 47.8 Å². The Morgan fingerprint density at radius 2 is 2.00 bits per heavy atom. The normalized spacial score (nSPS) is 10.6. The summed E-state index contributed by atoms with van der Waals surface area (Å²) < 4.78 is 6.61. The molecule has 0 bridgehead atoms. The van der Waals surface area contributed by atoms with Crippen molar-refractivity contribution in [1.82, 2.24) is 29.9 Å². The Bertz CT molecular complexity index is 835. The zero-order chi connectivity index (χ0) is 18.7. The van der Waals surface area contributed by atoms with Gasteiger partial charge in [0.2, 0.25) is 5.88 Å². The third-order valence-electron chi connectivity index (χ3n) is 3.88. The fourth-order valence-electron chi connectivity index (χ4n) is 2.39. The number of aromatic nitrogens is 5. The average molecular weight is 352 g/mol. The van der Waals surface area contributed by atoms with Gasteiger partial charge in [-0.2, -0.15) is 5.10 Å². The Labute approximate surface area is 151 Å². The molecular formula is C18H20N6O2. The van der Waals surface area contributed by atoms with E-state index >= 15 is 0 Å². The molecule has 0 unspecified atom stereocenters. The Hall–Kier alpha value is -3.29. The first-order valence-corrected chi connectivity index (χ1v) is 8.18. The number of ether oxygens (including phenoxy) is 1. The topological polar surface area (TPSA) is 86.0 Å². The molecule has 0 saturated carbocycles. The molecule has 0 atom stereocenters. The van der Waals surface area contributed by atoms with Gasteiger partial charge in [0, 0.05) is 26.4 Å². The predicted octanol–water partition coefficient (Wildman–Crippen LogP) is 2.00. The summed E-state index contributed by atoms with van der Waals surface area (Å²) in [6, 6.07) is 9.05. The summed E-state index contributed by atoms with van der Waals surface area (Å²) in [6.07, 6.45) is 2.72. The summed E-state index contributed by atoms with van der Waals surface area (Å²) in [4.78, 5) is 18.3. The first kappa shape index (κ1) is 17.5. The van der Waals surface area contributed by atoms with E-state index in [1.807, 2.05) is 18.3 Å². The van der Waals surface area contributed by atoms with Crippen molar-refractivity contribution >= 4 is 5.91 Å². The van der Waals surface area contributed by atoms with Crippen LogP contribution in [0.5, 0.6) is 5.88 Å². The van der Waals surface area contributed by atoms with E-state index in [0.29, 0.717) is 28.8 Å². The SMILES string of the molecule is CCc1ccc(-c2cc(C(=O)N(C)C)nn2-c2ccc(OC)nn2)nc1. The van der Waals surface area contributed by atoms with E-state index in [4.69, 9.17) is 4.74 Å². The molecule has 0 N–H and O–H groups in total.